The number of urea groups is 1. The van der Waals surface area contributed by atoms with Crippen molar-refractivity contribution in [2.45, 2.75) is 50.4 Å². The molecule has 1 aliphatic carbocycles. The number of ether oxygens (including phenoxy) is 1. The fraction of sp³-hybridized carbons (Fsp3) is 0.409. The molecule has 1 aliphatic heterocycles. The van der Waals surface area contributed by atoms with E-state index in [9.17, 15) is 13.6 Å². The summed E-state index contributed by atoms with van der Waals surface area (Å²) in [5, 5.41) is 3.07. The van der Waals surface area contributed by atoms with Gasteiger partial charge >= 0.3 is 6.03 Å². The van der Waals surface area contributed by atoms with Gasteiger partial charge in [0.05, 0.1) is 18.7 Å². The molecule has 2 atom stereocenters. The molecular formula is C22H24F2N2O2. The molecule has 1 saturated heterocycles. The van der Waals surface area contributed by atoms with Crippen LogP contribution >= 0.6 is 0 Å². The highest BCUT2D eigenvalue weighted by molar-refractivity contribution is 5.75. The molecule has 0 spiro atoms. The number of amides is 2. The van der Waals surface area contributed by atoms with Crippen molar-refractivity contribution in [3.8, 4) is 0 Å². The summed E-state index contributed by atoms with van der Waals surface area (Å²) in [7, 11) is 0. The van der Waals surface area contributed by atoms with E-state index < -0.39 is 0 Å². The number of nitrogens with one attached hydrogen (secondary N) is 1. The Bertz CT molecular complexity index is 818. The predicted molar refractivity (Wildman–Crippen MR) is 102 cm³/mol. The lowest BCUT2D eigenvalue weighted by Crippen LogP contribution is -2.45. The molecule has 2 aromatic rings. The molecule has 4 nitrogen and oxygen atoms in total. The van der Waals surface area contributed by atoms with Crippen molar-refractivity contribution < 1.29 is 18.3 Å². The highest BCUT2D eigenvalue weighted by Crippen LogP contribution is 2.31. The first-order valence-corrected chi connectivity index (χ1v) is 9.79. The van der Waals surface area contributed by atoms with E-state index in [0.717, 1.165) is 31.2 Å². The van der Waals surface area contributed by atoms with E-state index in [2.05, 4.69) is 5.32 Å². The molecule has 2 fully saturated rings. The van der Waals surface area contributed by atoms with Crippen LogP contribution in [0.4, 0.5) is 13.6 Å². The molecule has 2 aromatic carbocycles. The third kappa shape index (κ3) is 4.33. The van der Waals surface area contributed by atoms with Gasteiger partial charge in [-0.25, -0.2) is 13.6 Å². The van der Waals surface area contributed by atoms with Crippen LogP contribution in [0.5, 0.6) is 0 Å². The van der Waals surface area contributed by atoms with Gasteiger partial charge in [0.1, 0.15) is 11.6 Å². The Morgan fingerprint density at radius 3 is 2.50 bits per heavy atom. The minimum Gasteiger partial charge on any atom is -0.376 e. The molecule has 148 valence electrons. The van der Waals surface area contributed by atoms with Gasteiger partial charge in [0, 0.05) is 18.2 Å². The molecule has 1 heterocycles. The van der Waals surface area contributed by atoms with Crippen LogP contribution in [0.15, 0.2) is 48.5 Å². The smallest absolute Gasteiger partial charge is 0.318 e. The highest BCUT2D eigenvalue weighted by atomic mass is 19.1. The number of rotatable bonds is 6. The molecule has 4 rings (SSSR count). The second-order valence-corrected chi connectivity index (χ2v) is 7.48. The summed E-state index contributed by atoms with van der Waals surface area (Å²) in [5.74, 6) is -0.629. The summed E-state index contributed by atoms with van der Waals surface area (Å²) in [6, 6.07) is 12.2. The number of hydrogen-bond donors (Lipinski definition) is 1. The monoisotopic (exact) mass is 386 g/mol. The average molecular weight is 386 g/mol. The van der Waals surface area contributed by atoms with Crippen LogP contribution in [-0.2, 0) is 11.3 Å². The Labute approximate surface area is 163 Å². The van der Waals surface area contributed by atoms with Crippen molar-refractivity contribution in [2.24, 2.45) is 0 Å². The summed E-state index contributed by atoms with van der Waals surface area (Å²) in [4.78, 5) is 14.8. The fourth-order valence-corrected chi connectivity index (χ4v) is 3.71. The largest absolute Gasteiger partial charge is 0.376 e. The van der Waals surface area contributed by atoms with Gasteiger partial charge in [-0.2, -0.15) is 0 Å². The van der Waals surface area contributed by atoms with Crippen molar-refractivity contribution in [1.82, 2.24) is 10.2 Å². The van der Waals surface area contributed by atoms with E-state index in [0.29, 0.717) is 12.2 Å². The Balaban J connectivity index is 1.53. The van der Waals surface area contributed by atoms with Gasteiger partial charge in [0.25, 0.3) is 0 Å². The van der Waals surface area contributed by atoms with Crippen molar-refractivity contribution in [2.75, 3.05) is 6.61 Å². The lowest BCUT2D eigenvalue weighted by Gasteiger charge is -2.29. The molecule has 0 radical (unpaired) electrons. The number of carbonyl (C=O) groups excluding carboxylic acids is 1. The van der Waals surface area contributed by atoms with Crippen LogP contribution in [0.25, 0.3) is 0 Å². The maximum Gasteiger partial charge on any atom is 0.318 e. The van der Waals surface area contributed by atoms with Gasteiger partial charge in [-0.3, -0.25) is 0 Å². The first-order valence-electron chi connectivity index (χ1n) is 9.79. The maximum atomic E-state index is 14.1. The van der Waals surface area contributed by atoms with Gasteiger partial charge in [0.15, 0.2) is 0 Å². The second kappa shape index (κ2) is 8.27. The third-order valence-electron chi connectivity index (χ3n) is 5.39. The van der Waals surface area contributed by atoms with Gasteiger partial charge in [0.2, 0.25) is 0 Å². The van der Waals surface area contributed by atoms with E-state index in [-0.39, 0.29) is 42.4 Å². The van der Waals surface area contributed by atoms with E-state index >= 15 is 0 Å². The molecular weight excluding hydrogens is 362 g/mol. The van der Waals surface area contributed by atoms with Crippen LogP contribution in [0.3, 0.4) is 0 Å². The highest BCUT2D eigenvalue weighted by Gasteiger charge is 2.36. The van der Waals surface area contributed by atoms with Crippen LogP contribution < -0.4 is 5.32 Å². The molecule has 1 saturated carbocycles. The zero-order valence-corrected chi connectivity index (χ0v) is 15.6. The normalized spacial score (nSPS) is 20.0. The molecule has 2 amide bonds. The number of hydrogen-bond acceptors (Lipinski definition) is 2. The van der Waals surface area contributed by atoms with E-state index in [1.807, 2.05) is 0 Å². The molecule has 2 aliphatic rings. The summed E-state index contributed by atoms with van der Waals surface area (Å²) in [5.41, 5.74) is 1.31. The molecule has 0 bridgehead atoms. The summed E-state index contributed by atoms with van der Waals surface area (Å²) >= 11 is 0. The summed E-state index contributed by atoms with van der Waals surface area (Å²) in [6.45, 7) is 0.880. The van der Waals surface area contributed by atoms with Gasteiger partial charge in [-0.15, -0.1) is 0 Å². The van der Waals surface area contributed by atoms with Crippen LogP contribution in [-0.4, -0.2) is 29.7 Å². The predicted octanol–water partition coefficient (Wildman–Crippen LogP) is 4.56. The second-order valence-electron chi connectivity index (χ2n) is 7.48. The van der Waals surface area contributed by atoms with Crippen molar-refractivity contribution in [3.63, 3.8) is 0 Å². The molecule has 28 heavy (non-hydrogen) atoms. The Kier molecular flexibility index (Phi) is 5.57. The van der Waals surface area contributed by atoms with Gasteiger partial charge in [-0.05, 0) is 49.4 Å². The van der Waals surface area contributed by atoms with Crippen molar-refractivity contribution >= 4 is 6.03 Å². The summed E-state index contributed by atoms with van der Waals surface area (Å²) in [6.07, 6.45) is 3.45. The third-order valence-corrected chi connectivity index (χ3v) is 5.39. The quantitative estimate of drug-likeness (QED) is 0.791. The molecule has 0 aromatic heterocycles. The van der Waals surface area contributed by atoms with Crippen LogP contribution in [0.1, 0.15) is 42.9 Å². The number of carbonyl (C=O) groups is 1. The molecule has 6 heteroatoms. The van der Waals surface area contributed by atoms with Gasteiger partial charge < -0.3 is 15.0 Å². The minimum atomic E-state index is -0.363. The fourth-order valence-electron chi connectivity index (χ4n) is 3.71. The van der Waals surface area contributed by atoms with Crippen molar-refractivity contribution in [1.29, 1.82) is 0 Å². The van der Waals surface area contributed by atoms with Crippen molar-refractivity contribution in [3.05, 3.63) is 71.3 Å². The average Bonchev–Trinajstić information content (AvgIpc) is 3.39. The van der Waals surface area contributed by atoms with Gasteiger partial charge in [-0.1, -0.05) is 30.3 Å². The van der Waals surface area contributed by atoms with E-state index in [4.69, 9.17) is 4.74 Å². The lowest BCUT2D eigenvalue weighted by atomic mass is 9.99. The minimum absolute atomic E-state index is 0.123. The number of halogens is 2. The van der Waals surface area contributed by atoms with E-state index in [1.54, 1.807) is 35.2 Å². The molecule has 2 unspecified atom stereocenters. The Morgan fingerprint density at radius 1 is 1.11 bits per heavy atom. The molecule has 1 N–H and O–H groups in total. The first kappa shape index (κ1) is 18.9. The lowest BCUT2D eigenvalue weighted by molar-refractivity contribution is 0.0774. The van der Waals surface area contributed by atoms with Crippen LogP contribution in [0, 0.1) is 11.6 Å². The maximum absolute atomic E-state index is 14.1. The zero-order valence-electron chi connectivity index (χ0n) is 15.6. The SMILES string of the molecule is O=C(NC(c1ccc(F)cc1)C1CCCO1)N(Cc1ccccc1F)C1CC1. The topological polar surface area (TPSA) is 41.6 Å². The summed E-state index contributed by atoms with van der Waals surface area (Å²) < 4.78 is 33.3. The first-order chi connectivity index (χ1) is 13.6. The van der Waals surface area contributed by atoms with Crippen LogP contribution in [0.2, 0.25) is 0 Å². The number of benzene rings is 2. The Hall–Kier alpha value is -2.47. The zero-order chi connectivity index (χ0) is 19.5. The standard InChI is InChI=1S/C22H24F2N2O2/c23-17-9-7-15(8-10-17)21(20-6-3-13-28-20)25-22(27)26(18-11-12-18)14-16-4-1-2-5-19(16)24/h1-2,4-5,7-10,18,20-21H,3,6,11-14H2,(H,25,27). The van der Waals surface area contributed by atoms with E-state index in [1.165, 1.54) is 18.2 Å². The number of nitrogens with zero attached hydrogens (tertiary/aromatic N) is 1. The Morgan fingerprint density at radius 2 is 1.86 bits per heavy atom.